The lowest BCUT2D eigenvalue weighted by Gasteiger charge is -2.26. The first-order chi connectivity index (χ1) is 18.5. The number of hydrogen-bond donors (Lipinski definition) is 2. The Hall–Kier alpha value is -4.07. The Balaban J connectivity index is 0.00000164. The Labute approximate surface area is 226 Å². The largest absolute Gasteiger partial charge is 0.474 e. The van der Waals surface area contributed by atoms with E-state index in [1.165, 1.54) is 5.70 Å². The van der Waals surface area contributed by atoms with Gasteiger partial charge in [0.15, 0.2) is 0 Å². The second-order valence-corrected chi connectivity index (χ2v) is 9.27. The number of ether oxygens (including phenoxy) is 1. The van der Waals surface area contributed by atoms with Crippen LogP contribution in [0.25, 0.3) is 22.0 Å². The second kappa shape index (κ2) is 12.4. The predicted octanol–water partition coefficient (Wildman–Crippen LogP) is 6.07. The molecule has 0 fully saturated rings. The van der Waals surface area contributed by atoms with Crippen molar-refractivity contribution >= 4 is 28.2 Å². The molecule has 1 aliphatic carbocycles. The average molecular weight is 514 g/mol. The van der Waals surface area contributed by atoms with E-state index in [1.807, 2.05) is 40.3 Å². The minimum atomic E-state index is 0.588. The van der Waals surface area contributed by atoms with E-state index in [2.05, 4.69) is 86.9 Å². The molecular weight excluding hydrogens is 474 g/mol. The first-order valence-electron chi connectivity index (χ1n) is 13.4. The quantitative estimate of drug-likeness (QED) is 0.394. The number of fused-ring (bicyclic) bond motifs is 2. The molecule has 0 unspecified atom stereocenters. The van der Waals surface area contributed by atoms with Crippen molar-refractivity contribution in [2.24, 2.45) is 0 Å². The van der Waals surface area contributed by atoms with Crippen LogP contribution in [0.3, 0.4) is 0 Å². The van der Waals surface area contributed by atoms with Gasteiger partial charge in [0.1, 0.15) is 12.3 Å². The Morgan fingerprint density at radius 1 is 1.08 bits per heavy atom. The lowest BCUT2D eigenvalue weighted by Crippen LogP contribution is -2.22. The fourth-order valence-corrected chi connectivity index (χ4v) is 4.58. The number of pyridine rings is 1. The summed E-state index contributed by atoms with van der Waals surface area (Å²) >= 11 is 0. The minimum Gasteiger partial charge on any atom is -0.474 e. The van der Waals surface area contributed by atoms with E-state index in [9.17, 15) is 0 Å². The van der Waals surface area contributed by atoms with Crippen molar-refractivity contribution in [2.45, 2.75) is 33.6 Å². The van der Waals surface area contributed by atoms with Gasteiger partial charge in [-0.25, -0.2) is 15.0 Å². The van der Waals surface area contributed by atoms with Crippen LogP contribution in [0.4, 0.5) is 17.3 Å². The van der Waals surface area contributed by atoms with Crippen LogP contribution in [0, 0.1) is 0 Å². The van der Waals surface area contributed by atoms with Gasteiger partial charge < -0.3 is 25.2 Å². The van der Waals surface area contributed by atoms with Crippen molar-refractivity contribution < 1.29 is 4.74 Å². The average Bonchev–Trinajstić information content (AvgIpc) is 3.19. The van der Waals surface area contributed by atoms with Crippen molar-refractivity contribution in [1.82, 2.24) is 19.9 Å². The van der Waals surface area contributed by atoms with E-state index in [0.29, 0.717) is 18.4 Å². The van der Waals surface area contributed by atoms with Gasteiger partial charge in [-0.3, -0.25) is 0 Å². The van der Waals surface area contributed by atoms with E-state index < -0.39 is 0 Å². The SMILES string of the molecule is CC.CCCN(C)C1=CC=C(Nc2ncc3ccc(-c4cnc5c(c4N(C)C)NCCO5)cc3n2)CC=C1. The van der Waals surface area contributed by atoms with Gasteiger partial charge in [-0.05, 0) is 36.3 Å². The predicted molar refractivity (Wildman–Crippen MR) is 159 cm³/mol. The molecule has 0 atom stereocenters. The van der Waals surface area contributed by atoms with Gasteiger partial charge in [-0.1, -0.05) is 39.0 Å². The molecule has 2 aromatic heterocycles. The van der Waals surface area contributed by atoms with Crippen LogP contribution in [0.5, 0.6) is 5.88 Å². The highest BCUT2D eigenvalue weighted by Gasteiger charge is 2.21. The van der Waals surface area contributed by atoms with Gasteiger partial charge in [0.05, 0.1) is 11.2 Å². The lowest BCUT2D eigenvalue weighted by atomic mass is 10.0. The van der Waals surface area contributed by atoms with Crippen LogP contribution >= 0.6 is 0 Å². The van der Waals surface area contributed by atoms with Crippen LogP contribution in [0.1, 0.15) is 33.6 Å². The molecular formula is C30H39N7O. The summed E-state index contributed by atoms with van der Waals surface area (Å²) in [7, 11) is 6.20. The first kappa shape index (κ1) is 27.0. The highest BCUT2D eigenvalue weighted by molar-refractivity contribution is 5.93. The molecule has 1 aliphatic heterocycles. The maximum Gasteiger partial charge on any atom is 0.239 e. The molecule has 0 spiro atoms. The number of hydrogen-bond acceptors (Lipinski definition) is 8. The number of aromatic nitrogens is 3. The summed E-state index contributed by atoms with van der Waals surface area (Å²) in [5.74, 6) is 1.23. The maximum atomic E-state index is 5.76. The molecule has 0 amide bonds. The Morgan fingerprint density at radius 2 is 1.92 bits per heavy atom. The summed E-state index contributed by atoms with van der Waals surface area (Å²) in [6, 6.07) is 6.25. The Kier molecular flexibility index (Phi) is 8.84. The van der Waals surface area contributed by atoms with Gasteiger partial charge in [0.2, 0.25) is 11.8 Å². The van der Waals surface area contributed by atoms with Crippen molar-refractivity contribution in [3.8, 4) is 17.0 Å². The van der Waals surface area contributed by atoms with Crippen molar-refractivity contribution in [2.75, 3.05) is 56.4 Å². The first-order valence-corrected chi connectivity index (χ1v) is 13.4. The van der Waals surface area contributed by atoms with Crippen LogP contribution < -0.4 is 20.3 Å². The van der Waals surface area contributed by atoms with E-state index >= 15 is 0 Å². The summed E-state index contributed by atoms with van der Waals surface area (Å²) < 4.78 is 5.76. The number of likely N-dealkylation sites (N-methyl/N-ethyl adjacent to an activating group) is 1. The van der Waals surface area contributed by atoms with E-state index in [4.69, 9.17) is 9.72 Å². The molecule has 5 rings (SSSR count). The highest BCUT2D eigenvalue weighted by Crippen LogP contribution is 2.42. The maximum absolute atomic E-state index is 5.76. The third kappa shape index (κ3) is 5.90. The summed E-state index contributed by atoms with van der Waals surface area (Å²) in [6.45, 7) is 8.60. The molecule has 0 bridgehead atoms. The van der Waals surface area contributed by atoms with Crippen LogP contribution in [-0.2, 0) is 0 Å². The molecule has 38 heavy (non-hydrogen) atoms. The van der Waals surface area contributed by atoms with Gasteiger partial charge in [0, 0.05) is 75.4 Å². The molecule has 0 saturated carbocycles. The zero-order valence-corrected chi connectivity index (χ0v) is 23.4. The molecule has 8 nitrogen and oxygen atoms in total. The molecule has 3 heterocycles. The fourth-order valence-electron chi connectivity index (χ4n) is 4.58. The summed E-state index contributed by atoms with van der Waals surface area (Å²) in [5, 5.41) is 7.85. The summed E-state index contributed by atoms with van der Waals surface area (Å²) in [4.78, 5) is 18.3. The van der Waals surface area contributed by atoms with Crippen molar-refractivity contribution in [1.29, 1.82) is 0 Å². The third-order valence-corrected chi connectivity index (χ3v) is 6.35. The van der Waals surface area contributed by atoms with Crippen molar-refractivity contribution in [3.05, 3.63) is 66.3 Å². The molecule has 0 saturated heterocycles. The molecule has 2 aliphatic rings. The van der Waals surface area contributed by atoms with E-state index in [1.54, 1.807) is 0 Å². The number of nitrogens with one attached hydrogen (secondary N) is 2. The lowest BCUT2D eigenvalue weighted by molar-refractivity contribution is 0.310. The molecule has 8 heteroatoms. The number of nitrogens with zero attached hydrogens (tertiary/aromatic N) is 5. The van der Waals surface area contributed by atoms with Crippen LogP contribution in [0.2, 0.25) is 0 Å². The Bertz CT molecular complexity index is 1360. The number of allylic oxidation sites excluding steroid dienone is 4. The van der Waals surface area contributed by atoms with Gasteiger partial charge in [-0.2, -0.15) is 0 Å². The molecule has 200 valence electrons. The molecule has 2 N–H and O–H groups in total. The monoisotopic (exact) mass is 513 g/mol. The zero-order chi connectivity index (χ0) is 27.1. The minimum absolute atomic E-state index is 0.588. The smallest absolute Gasteiger partial charge is 0.239 e. The second-order valence-electron chi connectivity index (χ2n) is 9.27. The summed E-state index contributed by atoms with van der Waals surface area (Å²) in [5.41, 5.74) is 7.19. The topological polar surface area (TPSA) is 78.4 Å². The van der Waals surface area contributed by atoms with Gasteiger partial charge >= 0.3 is 0 Å². The molecule has 1 aromatic carbocycles. The fraction of sp³-hybridized carbons (Fsp3) is 0.367. The zero-order valence-electron chi connectivity index (χ0n) is 23.4. The van der Waals surface area contributed by atoms with E-state index in [0.717, 1.165) is 65.0 Å². The molecule has 0 radical (unpaired) electrons. The number of anilines is 3. The van der Waals surface area contributed by atoms with Crippen LogP contribution in [0.15, 0.2) is 66.3 Å². The highest BCUT2D eigenvalue weighted by atomic mass is 16.5. The third-order valence-electron chi connectivity index (χ3n) is 6.35. The van der Waals surface area contributed by atoms with Gasteiger partial charge in [-0.15, -0.1) is 0 Å². The standard InChI is InChI=1S/C28H33N7O.C2H6/c1-5-14-35(4)22-8-6-7-21(11-12-22)32-28-31-17-20-10-9-19(16-24(20)33-28)23-18-30-27-25(26(23)34(2)3)29-13-15-36-27;1-2/h6,8-12,16-18,29H,5,7,13-15H2,1-4H3,(H,31,32,33);1-2H3. The van der Waals surface area contributed by atoms with E-state index in [-0.39, 0.29) is 0 Å². The number of rotatable bonds is 7. The van der Waals surface area contributed by atoms with Gasteiger partial charge in [0.25, 0.3) is 0 Å². The molecule has 3 aromatic rings. The normalized spacial score (nSPS) is 14.1. The van der Waals surface area contributed by atoms with Crippen molar-refractivity contribution in [3.63, 3.8) is 0 Å². The Morgan fingerprint density at radius 3 is 2.71 bits per heavy atom. The summed E-state index contributed by atoms with van der Waals surface area (Å²) in [6.07, 6.45) is 14.3. The van der Waals surface area contributed by atoms with Crippen LogP contribution in [-0.4, -0.2) is 60.7 Å². The number of benzene rings is 1.